The number of benzene rings is 2. The zero-order valence-corrected chi connectivity index (χ0v) is 16.2. The second-order valence-corrected chi connectivity index (χ2v) is 7.84. The molecule has 148 valence electrons. The lowest BCUT2D eigenvalue weighted by molar-refractivity contribution is -0.130. The van der Waals surface area contributed by atoms with E-state index in [-0.39, 0.29) is 18.3 Å². The molecule has 0 spiro atoms. The Morgan fingerprint density at radius 3 is 2.83 bits per heavy atom. The Balaban J connectivity index is 1.34. The molecule has 5 rings (SSSR count). The Bertz CT molecular complexity index is 1070. The molecular formula is C21H18FN3O3S. The summed E-state index contributed by atoms with van der Waals surface area (Å²) in [4.78, 5) is 17.4. The second kappa shape index (κ2) is 7.44. The number of ether oxygens (including phenoxy) is 2. The maximum Gasteiger partial charge on any atom is 0.265 e. The van der Waals surface area contributed by atoms with E-state index in [0.717, 1.165) is 34.4 Å². The van der Waals surface area contributed by atoms with Crippen LogP contribution in [0.2, 0.25) is 0 Å². The van der Waals surface area contributed by atoms with E-state index in [1.165, 1.54) is 12.1 Å². The van der Waals surface area contributed by atoms with Gasteiger partial charge < -0.3 is 19.4 Å². The highest BCUT2D eigenvalue weighted by Crippen LogP contribution is 2.34. The molecular weight excluding hydrogens is 393 g/mol. The molecule has 2 aliphatic rings. The average Bonchev–Trinajstić information content (AvgIpc) is 3.34. The SMILES string of the molecule is O=C(NCc1c(-c2ccc(F)cc2)nc2n1CCS2)[C@H]1COc2ccccc2O1. The summed E-state index contributed by atoms with van der Waals surface area (Å²) in [6.07, 6.45) is -0.713. The minimum atomic E-state index is -0.713. The van der Waals surface area contributed by atoms with Crippen molar-refractivity contribution in [3.05, 3.63) is 60.0 Å². The monoisotopic (exact) mass is 411 g/mol. The number of halogens is 1. The molecule has 0 bridgehead atoms. The van der Waals surface area contributed by atoms with Crippen molar-refractivity contribution in [3.8, 4) is 22.8 Å². The number of aromatic nitrogens is 2. The van der Waals surface area contributed by atoms with Gasteiger partial charge in [-0.05, 0) is 36.4 Å². The van der Waals surface area contributed by atoms with Gasteiger partial charge in [0.25, 0.3) is 5.91 Å². The predicted octanol–water partition coefficient (Wildman–Crippen LogP) is 3.25. The van der Waals surface area contributed by atoms with Crippen molar-refractivity contribution in [1.82, 2.24) is 14.9 Å². The summed E-state index contributed by atoms with van der Waals surface area (Å²) < 4.78 is 26.8. The van der Waals surface area contributed by atoms with Crippen molar-refractivity contribution >= 4 is 17.7 Å². The number of nitrogens with zero attached hydrogens (tertiary/aromatic N) is 2. The van der Waals surface area contributed by atoms with Crippen molar-refractivity contribution in [2.24, 2.45) is 0 Å². The molecule has 0 radical (unpaired) electrons. The fraction of sp³-hybridized carbons (Fsp3) is 0.238. The topological polar surface area (TPSA) is 65.4 Å². The van der Waals surface area contributed by atoms with Crippen molar-refractivity contribution in [3.63, 3.8) is 0 Å². The molecule has 0 saturated heterocycles. The first-order valence-electron chi connectivity index (χ1n) is 9.33. The number of para-hydroxylation sites is 2. The summed E-state index contributed by atoms with van der Waals surface area (Å²) in [5.74, 6) is 1.61. The molecule has 0 aliphatic carbocycles. The van der Waals surface area contributed by atoms with Gasteiger partial charge in [0.1, 0.15) is 12.4 Å². The van der Waals surface area contributed by atoms with Gasteiger partial charge in [0.05, 0.1) is 17.9 Å². The molecule has 29 heavy (non-hydrogen) atoms. The van der Waals surface area contributed by atoms with Crippen LogP contribution >= 0.6 is 11.8 Å². The molecule has 1 amide bonds. The molecule has 1 aromatic heterocycles. The number of thioether (sulfide) groups is 1. The van der Waals surface area contributed by atoms with Crippen molar-refractivity contribution < 1.29 is 18.7 Å². The normalized spacial score (nSPS) is 17.1. The highest BCUT2D eigenvalue weighted by molar-refractivity contribution is 7.99. The number of imidazole rings is 1. The zero-order valence-electron chi connectivity index (χ0n) is 15.4. The zero-order chi connectivity index (χ0) is 19.8. The third kappa shape index (κ3) is 3.44. The summed E-state index contributed by atoms with van der Waals surface area (Å²) in [5.41, 5.74) is 2.49. The smallest absolute Gasteiger partial charge is 0.265 e. The van der Waals surface area contributed by atoms with Crippen LogP contribution in [0.3, 0.4) is 0 Å². The Morgan fingerprint density at radius 1 is 1.21 bits per heavy atom. The van der Waals surface area contributed by atoms with Gasteiger partial charge in [-0.25, -0.2) is 9.37 Å². The predicted molar refractivity (Wildman–Crippen MR) is 107 cm³/mol. The maximum absolute atomic E-state index is 13.3. The van der Waals surface area contributed by atoms with Crippen LogP contribution in [0.4, 0.5) is 4.39 Å². The fourth-order valence-corrected chi connectivity index (χ4v) is 4.45. The molecule has 0 unspecified atom stereocenters. The number of rotatable bonds is 4. The molecule has 0 fully saturated rings. The molecule has 2 aliphatic heterocycles. The van der Waals surface area contributed by atoms with Crippen LogP contribution < -0.4 is 14.8 Å². The van der Waals surface area contributed by atoms with E-state index in [9.17, 15) is 9.18 Å². The Morgan fingerprint density at radius 2 is 2.00 bits per heavy atom. The standard InChI is InChI=1S/C21H18FN3O3S/c22-14-7-5-13(6-8-14)19-15(25-9-10-29-21(25)24-19)11-23-20(26)18-12-27-16-3-1-2-4-17(16)28-18/h1-8,18H,9-12H2,(H,23,26)/t18-/m1/s1. The van der Waals surface area contributed by atoms with E-state index < -0.39 is 6.10 Å². The van der Waals surface area contributed by atoms with Crippen LogP contribution in [-0.4, -0.2) is 33.9 Å². The number of hydrogen-bond donors (Lipinski definition) is 1. The lowest BCUT2D eigenvalue weighted by atomic mass is 10.1. The summed E-state index contributed by atoms with van der Waals surface area (Å²) in [6, 6.07) is 13.5. The van der Waals surface area contributed by atoms with Gasteiger partial charge in [0.2, 0.25) is 6.10 Å². The van der Waals surface area contributed by atoms with Crippen molar-refractivity contribution in [2.45, 2.75) is 24.3 Å². The minimum Gasteiger partial charge on any atom is -0.485 e. The highest BCUT2D eigenvalue weighted by atomic mass is 32.2. The molecule has 3 heterocycles. The van der Waals surface area contributed by atoms with Gasteiger partial charge in [-0.2, -0.15) is 0 Å². The quantitative estimate of drug-likeness (QED) is 0.714. The first kappa shape index (κ1) is 18.1. The Hall–Kier alpha value is -3.00. The molecule has 6 nitrogen and oxygen atoms in total. The number of nitrogens with one attached hydrogen (secondary N) is 1. The largest absolute Gasteiger partial charge is 0.485 e. The number of amides is 1. The highest BCUT2D eigenvalue weighted by Gasteiger charge is 2.28. The van der Waals surface area contributed by atoms with Gasteiger partial charge >= 0.3 is 0 Å². The van der Waals surface area contributed by atoms with Crippen molar-refractivity contribution in [1.29, 1.82) is 0 Å². The Kier molecular flexibility index (Phi) is 4.63. The number of carbonyl (C=O) groups is 1. The van der Waals surface area contributed by atoms with Crippen LogP contribution in [0.5, 0.6) is 11.5 Å². The molecule has 0 saturated carbocycles. The molecule has 1 atom stereocenters. The van der Waals surface area contributed by atoms with Gasteiger partial charge in [-0.15, -0.1) is 0 Å². The van der Waals surface area contributed by atoms with E-state index >= 15 is 0 Å². The first-order chi connectivity index (χ1) is 14.2. The van der Waals surface area contributed by atoms with E-state index in [2.05, 4.69) is 9.88 Å². The van der Waals surface area contributed by atoms with E-state index in [1.807, 2.05) is 18.2 Å². The van der Waals surface area contributed by atoms with Gasteiger partial charge in [-0.1, -0.05) is 23.9 Å². The lowest BCUT2D eigenvalue weighted by Crippen LogP contribution is -2.43. The summed E-state index contributed by atoms with van der Waals surface area (Å²) in [7, 11) is 0. The third-order valence-electron chi connectivity index (χ3n) is 4.93. The van der Waals surface area contributed by atoms with Gasteiger partial charge in [0.15, 0.2) is 16.7 Å². The summed E-state index contributed by atoms with van der Waals surface area (Å²) >= 11 is 1.68. The van der Waals surface area contributed by atoms with Crippen LogP contribution in [0, 0.1) is 5.82 Å². The maximum atomic E-state index is 13.3. The van der Waals surface area contributed by atoms with E-state index in [4.69, 9.17) is 14.5 Å². The van der Waals surface area contributed by atoms with Crippen LogP contribution in [-0.2, 0) is 17.9 Å². The van der Waals surface area contributed by atoms with E-state index in [0.29, 0.717) is 18.0 Å². The van der Waals surface area contributed by atoms with E-state index in [1.54, 1.807) is 30.0 Å². The molecule has 1 N–H and O–H groups in total. The minimum absolute atomic E-state index is 0.161. The van der Waals surface area contributed by atoms with Crippen LogP contribution in [0.1, 0.15) is 5.69 Å². The Labute approximate surface area is 171 Å². The van der Waals surface area contributed by atoms with Gasteiger partial charge in [0, 0.05) is 17.9 Å². The number of fused-ring (bicyclic) bond motifs is 2. The first-order valence-corrected chi connectivity index (χ1v) is 10.3. The van der Waals surface area contributed by atoms with Gasteiger partial charge in [-0.3, -0.25) is 4.79 Å². The summed E-state index contributed by atoms with van der Waals surface area (Å²) in [6.45, 7) is 1.30. The molecule has 3 aromatic rings. The van der Waals surface area contributed by atoms with Crippen LogP contribution in [0.25, 0.3) is 11.3 Å². The molecule has 8 heteroatoms. The fourth-order valence-electron chi connectivity index (χ4n) is 3.48. The lowest BCUT2D eigenvalue weighted by Gasteiger charge is -2.25. The number of carbonyl (C=O) groups excluding carboxylic acids is 1. The van der Waals surface area contributed by atoms with Crippen molar-refractivity contribution in [2.75, 3.05) is 12.4 Å². The average molecular weight is 411 g/mol. The molecule has 2 aromatic carbocycles. The third-order valence-corrected chi connectivity index (χ3v) is 5.89. The second-order valence-electron chi connectivity index (χ2n) is 6.78. The number of hydrogen-bond acceptors (Lipinski definition) is 5. The summed E-state index contributed by atoms with van der Waals surface area (Å²) in [5, 5.41) is 3.87. The van der Waals surface area contributed by atoms with Crippen LogP contribution in [0.15, 0.2) is 53.7 Å².